The Morgan fingerprint density at radius 2 is 0.634 bits per heavy atom. The summed E-state index contributed by atoms with van der Waals surface area (Å²) < 4.78 is 9.24. The highest BCUT2D eigenvalue weighted by atomic mass is 15.1. The minimum absolute atomic E-state index is 0.392. The second-order valence-electron chi connectivity index (χ2n) is 19.4. The molecule has 0 saturated heterocycles. The first kappa shape index (κ1) is 39.4. The Morgan fingerprint density at radius 1 is 0.310 bits per heavy atom. The zero-order valence-corrected chi connectivity index (χ0v) is 38.8. The van der Waals surface area contributed by atoms with Crippen LogP contribution in [0.3, 0.4) is 0 Å². The Balaban J connectivity index is 1.28. The van der Waals surface area contributed by atoms with Crippen molar-refractivity contribution in [2.24, 2.45) is 0 Å². The minimum atomic E-state index is -0.425. The highest BCUT2D eigenvalue weighted by Gasteiger charge is 2.40. The molecule has 0 bridgehead atoms. The molecule has 15 rings (SSSR count). The van der Waals surface area contributed by atoms with Gasteiger partial charge in [-0.15, -0.1) is 0 Å². The van der Waals surface area contributed by atoms with E-state index in [1.165, 1.54) is 16.7 Å². The Kier molecular flexibility index (Phi) is 7.88. The number of rotatable bonds is 4. The van der Waals surface area contributed by atoms with Crippen LogP contribution in [0.15, 0.2) is 206 Å². The fraction of sp³-hybridized carbons (Fsp3) is 0.0462. The molecule has 6 nitrogen and oxygen atoms in total. The van der Waals surface area contributed by atoms with Crippen molar-refractivity contribution in [3.05, 3.63) is 229 Å². The van der Waals surface area contributed by atoms with Crippen LogP contribution < -0.4 is 0 Å². The van der Waals surface area contributed by atoms with Crippen molar-refractivity contribution >= 4 is 87.2 Å². The van der Waals surface area contributed by atoms with Gasteiger partial charge in [0.05, 0.1) is 66.9 Å². The molecule has 0 radical (unpaired) electrons. The Hall–Kier alpha value is -9.62. The maximum atomic E-state index is 12.6. The lowest BCUT2D eigenvalue weighted by molar-refractivity contribution is 0.664. The number of aromatic nitrogens is 4. The Morgan fingerprint density at radius 3 is 1.03 bits per heavy atom. The lowest BCUT2D eigenvalue weighted by Gasteiger charge is -2.28. The number of nitriles is 2. The van der Waals surface area contributed by atoms with Crippen LogP contribution in [0.4, 0.5) is 0 Å². The van der Waals surface area contributed by atoms with E-state index < -0.39 is 5.41 Å². The van der Waals surface area contributed by atoms with Crippen molar-refractivity contribution in [3.63, 3.8) is 0 Å². The van der Waals surface area contributed by atoms with E-state index in [9.17, 15) is 10.5 Å². The van der Waals surface area contributed by atoms with Gasteiger partial charge in [0.25, 0.3) is 0 Å². The quantitative estimate of drug-likeness (QED) is 0.177. The smallest absolute Gasteiger partial charge is 0.104 e. The normalized spacial score (nSPS) is 13.0. The molecule has 1 aliphatic carbocycles. The standard InChI is InChI=1S/C65H40N6/c1-65(2)51-27-11-3-19-39(51)47-35-36-48-46-26-10-18-34-58(46)71(61(48)59(47)65)60-49(37-66)62(68-52-28-12-4-20-40(52)41-21-5-13-29-53(41)68)64(70-56-32-16-8-24-44(56)45-25-9-17-33-57(45)70)63(50(60)38-67)69-54-30-14-6-22-42(54)43-23-7-15-31-55(43)69/h3-36H,1-2H3. The highest BCUT2D eigenvalue weighted by Crippen LogP contribution is 2.55. The maximum absolute atomic E-state index is 12.6. The van der Waals surface area contributed by atoms with Crippen molar-refractivity contribution in [3.8, 4) is 46.0 Å². The van der Waals surface area contributed by atoms with Gasteiger partial charge in [0.15, 0.2) is 0 Å². The van der Waals surface area contributed by atoms with Gasteiger partial charge in [-0.1, -0.05) is 178 Å². The molecule has 14 aromatic rings. The molecule has 0 aliphatic heterocycles. The van der Waals surface area contributed by atoms with Crippen LogP contribution in [0.1, 0.15) is 36.1 Å². The predicted octanol–water partition coefficient (Wildman–Crippen LogP) is 16.1. The monoisotopic (exact) mass is 904 g/mol. The maximum Gasteiger partial charge on any atom is 0.104 e. The van der Waals surface area contributed by atoms with Crippen LogP contribution in [0.25, 0.3) is 121 Å². The molecule has 0 unspecified atom stereocenters. The van der Waals surface area contributed by atoms with E-state index >= 15 is 0 Å². The van der Waals surface area contributed by atoms with Crippen molar-refractivity contribution < 1.29 is 0 Å². The lowest BCUT2D eigenvalue weighted by atomic mass is 9.81. The molecule has 71 heavy (non-hydrogen) atoms. The average molecular weight is 905 g/mol. The largest absolute Gasteiger partial charge is 0.306 e. The van der Waals surface area contributed by atoms with E-state index in [-0.39, 0.29) is 0 Å². The fourth-order valence-electron chi connectivity index (χ4n) is 12.8. The highest BCUT2D eigenvalue weighted by molar-refractivity contribution is 6.17. The van der Waals surface area contributed by atoms with Gasteiger partial charge in [-0.05, 0) is 64.7 Å². The number of fused-ring (bicyclic) bond motifs is 16. The number of hydrogen-bond acceptors (Lipinski definition) is 2. The molecule has 0 spiro atoms. The molecule has 0 saturated carbocycles. The van der Waals surface area contributed by atoms with E-state index in [2.05, 4.69) is 251 Å². The number of para-hydroxylation sites is 7. The van der Waals surface area contributed by atoms with E-state index in [0.717, 1.165) is 98.5 Å². The van der Waals surface area contributed by atoms with Crippen LogP contribution in [-0.4, -0.2) is 18.3 Å². The van der Waals surface area contributed by atoms with Gasteiger partial charge >= 0.3 is 0 Å². The SMILES string of the molecule is CC1(C)c2ccccc2-c2ccc3c4ccccc4n(-c4c(C#N)c(-n5c6ccccc6c6ccccc65)c(-n5c6ccccc6c6ccccc65)c(-n5c6ccccc6c6ccccc65)c4C#N)c3c21. The van der Waals surface area contributed by atoms with Crippen LogP contribution in [0.2, 0.25) is 0 Å². The van der Waals surface area contributed by atoms with E-state index in [0.29, 0.717) is 28.2 Å². The fourth-order valence-corrected chi connectivity index (χ4v) is 12.8. The molecule has 10 aromatic carbocycles. The molecule has 0 N–H and O–H groups in total. The van der Waals surface area contributed by atoms with Gasteiger partial charge in [-0.3, -0.25) is 0 Å². The third-order valence-electron chi connectivity index (χ3n) is 15.6. The van der Waals surface area contributed by atoms with Gasteiger partial charge in [0.1, 0.15) is 23.3 Å². The molecule has 6 heteroatoms. The summed E-state index contributed by atoms with van der Waals surface area (Å²) in [5, 5.41) is 33.6. The van der Waals surface area contributed by atoms with E-state index in [1.54, 1.807) is 0 Å². The van der Waals surface area contributed by atoms with Gasteiger partial charge in [0, 0.05) is 48.5 Å². The Labute approximate surface area is 407 Å². The van der Waals surface area contributed by atoms with Gasteiger partial charge < -0.3 is 18.3 Å². The topological polar surface area (TPSA) is 67.3 Å². The summed E-state index contributed by atoms with van der Waals surface area (Å²) >= 11 is 0. The Bertz CT molecular complexity index is 4450. The predicted molar refractivity (Wildman–Crippen MR) is 291 cm³/mol. The van der Waals surface area contributed by atoms with Crippen LogP contribution >= 0.6 is 0 Å². The van der Waals surface area contributed by atoms with E-state index in [4.69, 9.17) is 0 Å². The molecular formula is C65H40N6. The summed E-state index contributed by atoms with van der Waals surface area (Å²) in [6, 6.07) is 78.6. The van der Waals surface area contributed by atoms with E-state index in [1.807, 2.05) is 0 Å². The molecule has 0 fully saturated rings. The summed E-state index contributed by atoms with van der Waals surface area (Å²) in [5.74, 6) is 0. The zero-order chi connectivity index (χ0) is 47.3. The van der Waals surface area contributed by atoms with Crippen LogP contribution in [0, 0.1) is 22.7 Å². The molecule has 4 aromatic heterocycles. The summed E-state index contributed by atoms with van der Waals surface area (Å²) in [6.45, 7) is 4.63. The second kappa shape index (κ2) is 14.2. The molecule has 4 heterocycles. The average Bonchev–Trinajstić information content (AvgIpc) is 4.19. The first-order valence-corrected chi connectivity index (χ1v) is 24.2. The third-order valence-corrected chi connectivity index (χ3v) is 15.6. The van der Waals surface area contributed by atoms with Gasteiger partial charge in [-0.2, -0.15) is 10.5 Å². The molecular weight excluding hydrogens is 865 g/mol. The lowest BCUT2D eigenvalue weighted by Crippen LogP contribution is -2.19. The van der Waals surface area contributed by atoms with Crippen molar-refractivity contribution in [2.45, 2.75) is 19.3 Å². The van der Waals surface area contributed by atoms with Crippen molar-refractivity contribution in [1.82, 2.24) is 18.3 Å². The summed E-state index contributed by atoms with van der Waals surface area (Å²) in [6.07, 6.45) is 0. The summed E-state index contributed by atoms with van der Waals surface area (Å²) in [5.41, 5.74) is 15.4. The molecule has 0 atom stereocenters. The minimum Gasteiger partial charge on any atom is -0.306 e. The molecule has 330 valence electrons. The van der Waals surface area contributed by atoms with Crippen LogP contribution in [-0.2, 0) is 5.41 Å². The number of nitrogens with zero attached hydrogens (tertiary/aromatic N) is 6. The molecule has 0 amide bonds. The molecule has 1 aliphatic rings. The summed E-state index contributed by atoms with van der Waals surface area (Å²) in [4.78, 5) is 0. The first-order chi connectivity index (χ1) is 35.0. The zero-order valence-electron chi connectivity index (χ0n) is 38.8. The van der Waals surface area contributed by atoms with Crippen LogP contribution in [0.5, 0.6) is 0 Å². The van der Waals surface area contributed by atoms with Crippen molar-refractivity contribution in [1.29, 1.82) is 10.5 Å². The van der Waals surface area contributed by atoms with Crippen molar-refractivity contribution in [2.75, 3.05) is 0 Å². The first-order valence-electron chi connectivity index (χ1n) is 24.2. The number of benzene rings is 10. The third kappa shape index (κ3) is 4.98. The number of hydrogen-bond donors (Lipinski definition) is 0. The van der Waals surface area contributed by atoms with Gasteiger partial charge in [-0.25, -0.2) is 0 Å². The summed E-state index contributed by atoms with van der Waals surface area (Å²) in [7, 11) is 0. The second-order valence-corrected chi connectivity index (χ2v) is 19.4. The van der Waals surface area contributed by atoms with Gasteiger partial charge in [0.2, 0.25) is 0 Å².